The first-order valence-corrected chi connectivity index (χ1v) is 7.83. The molecule has 0 atom stereocenters. The van der Waals surface area contributed by atoms with E-state index in [0.717, 1.165) is 5.69 Å². The lowest BCUT2D eigenvalue weighted by molar-refractivity contribution is 0.0462. The summed E-state index contributed by atoms with van der Waals surface area (Å²) in [6, 6.07) is 15.8. The van der Waals surface area contributed by atoms with Gasteiger partial charge in [-0.1, -0.05) is 30.3 Å². The molecule has 0 saturated heterocycles. The number of nitrogens with one attached hydrogen (secondary N) is 1. The van der Waals surface area contributed by atoms with Crippen molar-refractivity contribution in [2.24, 2.45) is 0 Å². The third-order valence-corrected chi connectivity index (χ3v) is 3.43. The summed E-state index contributed by atoms with van der Waals surface area (Å²) in [6.45, 7) is -0.229. The maximum Gasteiger partial charge on any atom is 0.338 e. The molecule has 1 heterocycles. The highest BCUT2D eigenvalue weighted by Gasteiger charge is 2.10. The van der Waals surface area contributed by atoms with E-state index in [4.69, 9.17) is 15.6 Å². The van der Waals surface area contributed by atoms with Crippen LogP contribution in [0.1, 0.15) is 21.7 Å². The van der Waals surface area contributed by atoms with Crippen LogP contribution in [0.3, 0.4) is 0 Å². The number of rotatable bonds is 6. The van der Waals surface area contributed by atoms with Gasteiger partial charge in [0.15, 0.2) is 12.4 Å². The molecule has 3 aromatic rings. The Hall–Kier alpha value is -3.52. The number of hydrogen-bond donors (Lipinski definition) is 3. The van der Waals surface area contributed by atoms with Crippen LogP contribution in [0, 0.1) is 0 Å². The first-order chi connectivity index (χ1) is 12.6. The van der Waals surface area contributed by atoms with Crippen molar-refractivity contribution in [3.8, 4) is 0 Å². The topological polar surface area (TPSA) is 123 Å². The van der Waals surface area contributed by atoms with Gasteiger partial charge in [-0.05, 0) is 29.8 Å². The molecule has 0 radical (unpaired) electrons. The molecule has 132 valence electrons. The van der Waals surface area contributed by atoms with E-state index < -0.39 is 5.97 Å². The number of carbonyl (C=O) groups excluding carboxylic acids is 1. The lowest BCUT2D eigenvalue weighted by Gasteiger charge is -2.08. The largest absolute Gasteiger partial charge is 0.454 e. The van der Waals surface area contributed by atoms with Crippen molar-refractivity contribution >= 4 is 23.6 Å². The number of nitrogens with two attached hydrogens (primary N) is 1. The Bertz CT molecular complexity index is 885. The highest BCUT2D eigenvalue weighted by Crippen LogP contribution is 2.13. The van der Waals surface area contributed by atoms with Crippen LogP contribution in [0.2, 0.25) is 0 Å². The van der Waals surface area contributed by atoms with E-state index >= 15 is 0 Å². The van der Waals surface area contributed by atoms with Crippen LogP contribution < -0.4 is 11.1 Å². The standard InChI is InChI=1S/C18H17N5O3/c19-17-21-15(22-18(23-17)20-14-4-2-1-3-5-14)11-26-16(25)13-8-6-12(10-24)7-9-13/h1-9,24H,10-11H2,(H3,19,20,21,22,23). The zero-order valence-corrected chi connectivity index (χ0v) is 13.8. The molecular weight excluding hydrogens is 334 g/mol. The van der Waals surface area contributed by atoms with E-state index in [-0.39, 0.29) is 30.9 Å². The number of aliphatic hydroxyl groups is 1. The minimum atomic E-state index is -0.522. The van der Waals surface area contributed by atoms with E-state index in [1.807, 2.05) is 30.3 Å². The Labute approximate surface area is 149 Å². The van der Waals surface area contributed by atoms with E-state index in [2.05, 4.69) is 20.3 Å². The van der Waals surface area contributed by atoms with Crippen LogP contribution in [0.15, 0.2) is 54.6 Å². The molecule has 8 nitrogen and oxygen atoms in total. The van der Waals surface area contributed by atoms with Gasteiger partial charge in [-0.3, -0.25) is 0 Å². The number of anilines is 3. The summed E-state index contributed by atoms with van der Waals surface area (Å²) < 4.78 is 5.21. The Kier molecular flexibility index (Phi) is 5.35. The number of carbonyl (C=O) groups is 1. The third kappa shape index (κ3) is 4.52. The summed E-state index contributed by atoms with van der Waals surface area (Å²) in [7, 11) is 0. The van der Waals surface area contributed by atoms with Gasteiger partial charge >= 0.3 is 5.97 Å². The molecule has 0 aliphatic rings. The van der Waals surface area contributed by atoms with Crippen LogP contribution in [-0.4, -0.2) is 26.0 Å². The summed E-state index contributed by atoms with van der Waals surface area (Å²) in [5.74, 6) is 0.00104. The molecule has 1 aromatic heterocycles. The van der Waals surface area contributed by atoms with Gasteiger partial charge in [-0.2, -0.15) is 15.0 Å². The van der Waals surface area contributed by atoms with E-state index in [0.29, 0.717) is 11.1 Å². The molecule has 0 spiro atoms. The van der Waals surface area contributed by atoms with Crippen molar-refractivity contribution in [1.82, 2.24) is 15.0 Å². The number of aliphatic hydroxyl groups excluding tert-OH is 1. The van der Waals surface area contributed by atoms with Crippen molar-refractivity contribution in [2.75, 3.05) is 11.1 Å². The van der Waals surface area contributed by atoms with Crippen molar-refractivity contribution < 1.29 is 14.6 Å². The fraction of sp³-hybridized carbons (Fsp3) is 0.111. The maximum absolute atomic E-state index is 12.1. The van der Waals surface area contributed by atoms with Crippen LogP contribution in [0.5, 0.6) is 0 Å². The molecule has 3 rings (SSSR count). The summed E-state index contributed by atoms with van der Waals surface area (Å²) in [4.78, 5) is 24.3. The second-order valence-electron chi connectivity index (χ2n) is 5.36. The predicted molar refractivity (Wildman–Crippen MR) is 95.4 cm³/mol. The van der Waals surface area contributed by atoms with Crippen molar-refractivity contribution in [1.29, 1.82) is 0 Å². The highest BCUT2D eigenvalue weighted by atomic mass is 16.5. The zero-order chi connectivity index (χ0) is 18.4. The third-order valence-electron chi connectivity index (χ3n) is 3.43. The molecule has 0 aliphatic heterocycles. The number of benzene rings is 2. The lowest BCUT2D eigenvalue weighted by Crippen LogP contribution is -2.11. The van der Waals surface area contributed by atoms with Gasteiger partial charge in [-0.15, -0.1) is 0 Å². The Morgan fingerprint density at radius 3 is 2.46 bits per heavy atom. The molecule has 0 bridgehead atoms. The van der Waals surface area contributed by atoms with Crippen LogP contribution >= 0.6 is 0 Å². The van der Waals surface area contributed by atoms with Crippen LogP contribution in [0.4, 0.5) is 17.6 Å². The molecule has 8 heteroatoms. The van der Waals surface area contributed by atoms with Gasteiger partial charge < -0.3 is 20.9 Å². The minimum Gasteiger partial charge on any atom is -0.454 e. The molecule has 0 aliphatic carbocycles. The molecule has 2 aromatic carbocycles. The Morgan fingerprint density at radius 1 is 1.04 bits per heavy atom. The number of nitrogen functional groups attached to an aromatic ring is 1. The minimum absolute atomic E-state index is 0.0248. The highest BCUT2D eigenvalue weighted by molar-refractivity contribution is 5.89. The van der Waals surface area contributed by atoms with Crippen molar-refractivity contribution in [3.05, 3.63) is 71.5 Å². The van der Waals surface area contributed by atoms with E-state index in [9.17, 15) is 4.79 Å². The number of ether oxygens (including phenoxy) is 1. The predicted octanol–water partition coefficient (Wildman–Crippen LogP) is 2.05. The van der Waals surface area contributed by atoms with Gasteiger partial charge in [-0.25, -0.2) is 4.79 Å². The summed E-state index contributed by atoms with van der Waals surface area (Å²) in [5.41, 5.74) is 7.57. The van der Waals surface area contributed by atoms with Gasteiger partial charge in [0.25, 0.3) is 0 Å². The zero-order valence-electron chi connectivity index (χ0n) is 13.8. The lowest BCUT2D eigenvalue weighted by atomic mass is 10.1. The molecule has 0 fully saturated rings. The van der Waals surface area contributed by atoms with Crippen molar-refractivity contribution in [3.63, 3.8) is 0 Å². The SMILES string of the molecule is Nc1nc(COC(=O)c2ccc(CO)cc2)nc(Nc2ccccc2)n1. The quantitative estimate of drug-likeness (QED) is 0.577. The molecule has 0 saturated carbocycles. The summed E-state index contributed by atoms with van der Waals surface area (Å²) >= 11 is 0. The second kappa shape index (κ2) is 8.04. The average Bonchev–Trinajstić information content (AvgIpc) is 2.66. The first kappa shape index (κ1) is 17.3. The number of hydrogen-bond acceptors (Lipinski definition) is 8. The fourth-order valence-corrected chi connectivity index (χ4v) is 2.17. The Morgan fingerprint density at radius 2 is 1.77 bits per heavy atom. The van der Waals surface area contributed by atoms with Crippen molar-refractivity contribution in [2.45, 2.75) is 13.2 Å². The number of nitrogens with zero attached hydrogens (tertiary/aromatic N) is 3. The number of para-hydroxylation sites is 1. The second-order valence-corrected chi connectivity index (χ2v) is 5.36. The van der Waals surface area contributed by atoms with Gasteiger partial charge in [0, 0.05) is 5.69 Å². The molecule has 26 heavy (non-hydrogen) atoms. The van der Waals surface area contributed by atoms with Gasteiger partial charge in [0.05, 0.1) is 12.2 Å². The number of aromatic nitrogens is 3. The molecule has 0 unspecified atom stereocenters. The van der Waals surface area contributed by atoms with E-state index in [1.54, 1.807) is 24.3 Å². The van der Waals surface area contributed by atoms with Crippen LogP contribution in [0.25, 0.3) is 0 Å². The molecular formula is C18H17N5O3. The monoisotopic (exact) mass is 351 g/mol. The smallest absolute Gasteiger partial charge is 0.338 e. The summed E-state index contributed by atoms with van der Waals surface area (Å²) in [5, 5.41) is 12.0. The fourth-order valence-electron chi connectivity index (χ4n) is 2.17. The first-order valence-electron chi connectivity index (χ1n) is 7.83. The number of esters is 1. The average molecular weight is 351 g/mol. The van der Waals surface area contributed by atoms with Crippen LogP contribution in [-0.2, 0) is 18.0 Å². The van der Waals surface area contributed by atoms with Gasteiger partial charge in [0.1, 0.15) is 0 Å². The molecule has 4 N–H and O–H groups in total. The molecule has 0 amide bonds. The Balaban J connectivity index is 1.66. The van der Waals surface area contributed by atoms with E-state index in [1.165, 1.54) is 0 Å². The maximum atomic E-state index is 12.1. The van der Waals surface area contributed by atoms with Gasteiger partial charge in [0.2, 0.25) is 11.9 Å². The normalized spacial score (nSPS) is 10.3. The summed E-state index contributed by atoms with van der Waals surface area (Å²) in [6.07, 6.45) is 0.